The maximum absolute atomic E-state index is 11.6. The van der Waals surface area contributed by atoms with E-state index in [-0.39, 0.29) is 5.91 Å². The van der Waals surface area contributed by atoms with Crippen molar-refractivity contribution in [3.05, 3.63) is 29.3 Å². The molecule has 22 heavy (non-hydrogen) atoms. The summed E-state index contributed by atoms with van der Waals surface area (Å²) in [4.78, 5) is 11.6. The predicted molar refractivity (Wildman–Crippen MR) is 99.1 cm³/mol. The van der Waals surface area contributed by atoms with E-state index in [0.717, 1.165) is 24.2 Å². The first-order valence-corrected chi connectivity index (χ1v) is 9.20. The molecule has 1 N–H and O–H groups in total. The number of carbonyl (C=O) groups excluding carboxylic acids is 1. The molecule has 5 heteroatoms. The SMILES string of the molecule is CCCCCCC(=O)NCCOc1ccc(CS)c(CS)c1. The molecular weight excluding hydrogens is 314 g/mol. The second-order valence-corrected chi connectivity index (χ2v) is 5.89. The fourth-order valence-corrected chi connectivity index (χ4v) is 2.76. The van der Waals surface area contributed by atoms with E-state index in [4.69, 9.17) is 4.74 Å². The van der Waals surface area contributed by atoms with Crippen molar-refractivity contribution in [2.45, 2.75) is 50.5 Å². The molecule has 0 bridgehead atoms. The molecule has 0 aliphatic carbocycles. The number of unbranched alkanes of at least 4 members (excludes halogenated alkanes) is 3. The van der Waals surface area contributed by atoms with Crippen molar-refractivity contribution in [2.24, 2.45) is 0 Å². The van der Waals surface area contributed by atoms with Crippen LogP contribution in [0, 0.1) is 0 Å². The summed E-state index contributed by atoms with van der Waals surface area (Å²) in [5.74, 6) is 2.29. The number of hydrogen-bond acceptors (Lipinski definition) is 4. The van der Waals surface area contributed by atoms with Crippen LogP contribution >= 0.6 is 25.3 Å². The lowest BCUT2D eigenvalue weighted by Gasteiger charge is -2.11. The average Bonchev–Trinajstić information content (AvgIpc) is 2.55. The number of nitrogens with one attached hydrogen (secondary N) is 1. The van der Waals surface area contributed by atoms with Crippen LogP contribution in [0.25, 0.3) is 0 Å². The third-order valence-corrected chi connectivity index (χ3v) is 4.15. The zero-order valence-corrected chi connectivity index (χ0v) is 15.1. The molecule has 0 heterocycles. The van der Waals surface area contributed by atoms with Crippen LogP contribution in [0.4, 0.5) is 0 Å². The Morgan fingerprint density at radius 1 is 1.14 bits per heavy atom. The van der Waals surface area contributed by atoms with Crippen molar-refractivity contribution < 1.29 is 9.53 Å². The minimum Gasteiger partial charge on any atom is -0.492 e. The molecule has 0 fully saturated rings. The highest BCUT2D eigenvalue weighted by molar-refractivity contribution is 7.79. The van der Waals surface area contributed by atoms with Crippen molar-refractivity contribution >= 4 is 31.2 Å². The Morgan fingerprint density at radius 3 is 2.59 bits per heavy atom. The Balaban J connectivity index is 2.23. The van der Waals surface area contributed by atoms with Gasteiger partial charge in [-0.3, -0.25) is 4.79 Å². The van der Waals surface area contributed by atoms with Crippen LogP contribution in [0.5, 0.6) is 5.75 Å². The summed E-state index contributed by atoms with van der Waals surface area (Å²) in [6.45, 7) is 3.18. The van der Waals surface area contributed by atoms with Crippen LogP contribution in [0.2, 0.25) is 0 Å². The Hall–Kier alpha value is -0.810. The van der Waals surface area contributed by atoms with E-state index in [1.165, 1.54) is 18.4 Å². The summed E-state index contributed by atoms with van der Waals surface area (Å²) in [7, 11) is 0. The molecule has 0 aliphatic rings. The number of ether oxygens (including phenoxy) is 1. The van der Waals surface area contributed by atoms with Gasteiger partial charge in [-0.2, -0.15) is 25.3 Å². The number of amides is 1. The molecule has 3 nitrogen and oxygen atoms in total. The maximum Gasteiger partial charge on any atom is 0.220 e. The Morgan fingerprint density at radius 2 is 1.91 bits per heavy atom. The normalized spacial score (nSPS) is 10.5. The van der Waals surface area contributed by atoms with E-state index in [2.05, 4.69) is 37.5 Å². The first-order valence-electron chi connectivity index (χ1n) is 7.94. The van der Waals surface area contributed by atoms with E-state index >= 15 is 0 Å². The highest BCUT2D eigenvalue weighted by atomic mass is 32.1. The molecule has 0 spiro atoms. The molecule has 1 aromatic rings. The minimum absolute atomic E-state index is 0.112. The van der Waals surface area contributed by atoms with Crippen LogP contribution in [0.3, 0.4) is 0 Å². The quantitative estimate of drug-likeness (QED) is 0.420. The zero-order valence-electron chi connectivity index (χ0n) is 13.3. The van der Waals surface area contributed by atoms with Crippen LogP contribution in [0.1, 0.15) is 50.2 Å². The molecule has 0 saturated carbocycles. The lowest BCUT2D eigenvalue weighted by molar-refractivity contribution is -0.121. The number of carbonyl (C=O) groups is 1. The van der Waals surface area contributed by atoms with Gasteiger partial charge in [0.2, 0.25) is 5.91 Å². The Kier molecular flexibility index (Phi) is 10.2. The van der Waals surface area contributed by atoms with Gasteiger partial charge < -0.3 is 10.1 Å². The third-order valence-electron chi connectivity index (χ3n) is 3.47. The lowest BCUT2D eigenvalue weighted by Crippen LogP contribution is -2.27. The molecule has 0 unspecified atom stereocenters. The van der Waals surface area contributed by atoms with Gasteiger partial charge >= 0.3 is 0 Å². The smallest absolute Gasteiger partial charge is 0.220 e. The van der Waals surface area contributed by atoms with Gasteiger partial charge in [-0.25, -0.2) is 0 Å². The summed E-state index contributed by atoms with van der Waals surface area (Å²) in [5.41, 5.74) is 2.31. The summed E-state index contributed by atoms with van der Waals surface area (Å²) in [5, 5.41) is 2.89. The fraction of sp³-hybridized carbons (Fsp3) is 0.588. The van der Waals surface area contributed by atoms with Crippen LogP contribution < -0.4 is 10.1 Å². The van der Waals surface area contributed by atoms with Gasteiger partial charge in [-0.05, 0) is 29.7 Å². The fourth-order valence-electron chi connectivity index (χ4n) is 2.15. The first-order chi connectivity index (χ1) is 10.7. The first kappa shape index (κ1) is 19.2. The summed E-state index contributed by atoms with van der Waals surface area (Å²) in [6, 6.07) is 5.94. The van der Waals surface area contributed by atoms with Crippen molar-refractivity contribution in [1.82, 2.24) is 5.32 Å². The minimum atomic E-state index is 0.112. The number of rotatable bonds is 11. The molecule has 1 rings (SSSR count). The van der Waals surface area contributed by atoms with E-state index < -0.39 is 0 Å². The average molecular weight is 342 g/mol. The maximum atomic E-state index is 11.6. The van der Waals surface area contributed by atoms with Crippen LogP contribution in [-0.2, 0) is 16.3 Å². The third kappa shape index (κ3) is 7.45. The van der Waals surface area contributed by atoms with Gasteiger partial charge in [0.25, 0.3) is 0 Å². The van der Waals surface area contributed by atoms with Gasteiger partial charge in [0.15, 0.2) is 0 Å². The van der Waals surface area contributed by atoms with E-state index in [1.807, 2.05) is 18.2 Å². The van der Waals surface area contributed by atoms with Crippen molar-refractivity contribution in [3.8, 4) is 5.75 Å². The van der Waals surface area contributed by atoms with E-state index in [0.29, 0.717) is 31.1 Å². The topological polar surface area (TPSA) is 38.3 Å². The van der Waals surface area contributed by atoms with Crippen molar-refractivity contribution in [2.75, 3.05) is 13.2 Å². The molecule has 1 amide bonds. The van der Waals surface area contributed by atoms with Crippen molar-refractivity contribution in [1.29, 1.82) is 0 Å². The van der Waals surface area contributed by atoms with Gasteiger partial charge in [-0.1, -0.05) is 32.3 Å². The molecule has 0 aliphatic heterocycles. The van der Waals surface area contributed by atoms with E-state index in [1.54, 1.807) is 0 Å². The molecule has 0 saturated heterocycles. The largest absolute Gasteiger partial charge is 0.492 e. The predicted octanol–water partition coefficient (Wildman–Crippen LogP) is 4.01. The van der Waals surface area contributed by atoms with E-state index in [9.17, 15) is 4.79 Å². The Bertz CT molecular complexity index is 452. The monoisotopic (exact) mass is 341 g/mol. The molecule has 1 aromatic carbocycles. The highest BCUT2D eigenvalue weighted by Gasteiger charge is 2.03. The molecule has 0 aromatic heterocycles. The second kappa shape index (κ2) is 11.7. The van der Waals surface area contributed by atoms with Gasteiger partial charge in [0.1, 0.15) is 12.4 Å². The summed E-state index contributed by atoms with van der Waals surface area (Å²) >= 11 is 8.61. The molecule has 124 valence electrons. The van der Waals surface area contributed by atoms with Crippen molar-refractivity contribution in [3.63, 3.8) is 0 Å². The zero-order chi connectivity index (χ0) is 16.2. The highest BCUT2D eigenvalue weighted by Crippen LogP contribution is 2.20. The second-order valence-electron chi connectivity index (χ2n) is 5.26. The van der Waals surface area contributed by atoms with Gasteiger partial charge in [-0.15, -0.1) is 0 Å². The summed E-state index contributed by atoms with van der Waals surface area (Å²) in [6.07, 6.45) is 5.10. The van der Waals surface area contributed by atoms with Gasteiger partial charge in [0, 0.05) is 17.9 Å². The van der Waals surface area contributed by atoms with Gasteiger partial charge in [0.05, 0.1) is 6.54 Å². The molecular formula is C17H27NO2S2. The van der Waals surface area contributed by atoms with Crippen LogP contribution in [0.15, 0.2) is 18.2 Å². The van der Waals surface area contributed by atoms with Crippen LogP contribution in [-0.4, -0.2) is 19.1 Å². The number of thiol groups is 2. The standard InChI is InChI=1S/C17H27NO2S2/c1-2-3-4-5-6-17(19)18-9-10-20-16-8-7-14(12-21)15(11-16)13-22/h7-8,11,21-22H,2-6,9-10,12-13H2,1H3,(H,18,19). The number of hydrogen-bond donors (Lipinski definition) is 3. The molecule has 0 atom stereocenters. The molecule has 0 radical (unpaired) electrons. The number of benzene rings is 1. The summed E-state index contributed by atoms with van der Waals surface area (Å²) < 4.78 is 5.67. The Labute approximate surface area is 145 Å². The lowest BCUT2D eigenvalue weighted by atomic mass is 10.1.